The topological polar surface area (TPSA) is 34.2 Å². The Balaban J connectivity index is 1.46. The van der Waals surface area contributed by atoms with Gasteiger partial charge < -0.3 is 10.1 Å². The highest BCUT2D eigenvalue weighted by Gasteiger charge is 2.45. The average molecular weight is 294 g/mol. The number of aromatic nitrogens is 1. The highest BCUT2D eigenvalue weighted by atomic mass is 16.5. The third-order valence-electron chi connectivity index (χ3n) is 4.99. The number of fused-ring (bicyclic) bond motifs is 1. The van der Waals surface area contributed by atoms with Crippen LogP contribution >= 0.6 is 0 Å². The molecule has 22 heavy (non-hydrogen) atoms. The molecule has 3 heteroatoms. The van der Waals surface area contributed by atoms with E-state index in [0.717, 1.165) is 25.1 Å². The third-order valence-corrected chi connectivity index (χ3v) is 4.99. The van der Waals surface area contributed by atoms with Gasteiger partial charge in [0.05, 0.1) is 0 Å². The van der Waals surface area contributed by atoms with E-state index in [1.807, 2.05) is 18.5 Å². The van der Waals surface area contributed by atoms with E-state index in [-0.39, 0.29) is 5.60 Å². The van der Waals surface area contributed by atoms with Gasteiger partial charge in [0.2, 0.25) is 0 Å². The SMILES string of the molecule is c1cncc(CCNC2CC3(CCC3)Oc3ccccc32)c1. The molecule has 1 saturated carbocycles. The fraction of sp³-hybridized carbons (Fsp3) is 0.421. The maximum atomic E-state index is 6.30. The number of nitrogens with one attached hydrogen (secondary N) is 1. The van der Waals surface area contributed by atoms with Crippen molar-refractivity contribution in [1.82, 2.24) is 10.3 Å². The standard InChI is InChI=1S/C19H22N2O/c1-2-7-18-16(6-1)17(13-19(22-18)9-4-10-19)21-12-8-15-5-3-11-20-14-15/h1-3,5-7,11,14,17,21H,4,8-10,12-13H2. The first kappa shape index (κ1) is 13.8. The molecule has 3 nitrogen and oxygen atoms in total. The Labute approximate surface area is 131 Å². The van der Waals surface area contributed by atoms with Crippen LogP contribution in [0.15, 0.2) is 48.8 Å². The lowest BCUT2D eigenvalue weighted by Gasteiger charge is -2.48. The summed E-state index contributed by atoms with van der Waals surface area (Å²) in [5, 5.41) is 3.74. The number of nitrogens with zero attached hydrogens (tertiary/aromatic N) is 1. The van der Waals surface area contributed by atoms with Gasteiger partial charge in [0.15, 0.2) is 0 Å². The molecule has 114 valence electrons. The van der Waals surface area contributed by atoms with Crippen LogP contribution in [-0.2, 0) is 6.42 Å². The summed E-state index contributed by atoms with van der Waals surface area (Å²) in [6, 6.07) is 13.0. The van der Waals surface area contributed by atoms with Crippen molar-refractivity contribution in [2.45, 2.75) is 43.7 Å². The maximum Gasteiger partial charge on any atom is 0.124 e. The molecule has 1 N–H and O–H groups in total. The van der Waals surface area contributed by atoms with Gasteiger partial charge in [0.1, 0.15) is 11.4 Å². The van der Waals surface area contributed by atoms with E-state index in [1.54, 1.807) is 0 Å². The summed E-state index contributed by atoms with van der Waals surface area (Å²) in [7, 11) is 0. The number of benzene rings is 1. The zero-order chi connectivity index (χ0) is 14.8. The molecule has 1 aromatic carbocycles. The maximum absolute atomic E-state index is 6.30. The van der Waals surface area contributed by atoms with Gasteiger partial charge in [-0.3, -0.25) is 4.98 Å². The molecule has 1 atom stereocenters. The summed E-state index contributed by atoms with van der Waals surface area (Å²) in [5.74, 6) is 1.08. The van der Waals surface area contributed by atoms with Crippen molar-refractivity contribution >= 4 is 0 Å². The van der Waals surface area contributed by atoms with E-state index in [0.29, 0.717) is 6.04 Å². The first-order chi connectivity index (χ1) is 10.8. The van der Waals surface area contributed by atoms with E-state index in [9.17, 15) is 0 Å². The lowest BCUT2D eigenvalue weighted by Crippen LogP contribution is -2.49. The van der Waals surface area contributed by atoms with Crippen molar-refractivity contribution in [2.75, 3.05) is 6.54 Å². The molecule has 1 aromatic heterocycles. The highest BCUT2D eigenvalue weighted by molar-refractivity contribution is 5.39. The Bertz CT molecular complexity index is 637. The van der Waals surface area contributed by atoms with Crippen LogP contribution in [0.2, 0.25) is 0 Å². The molecular formula is C19H22N2O. The average Bonchev–Trinajstić information content (AvgIpc) is 2.54. The number of hydrogen-bond acceptors (Lipinski definition) is 3. The van der Waals surface area contributed by atoms with Crippen molar-refractivity contribution in [2.24, 2.45) is 0 Å². The second-order valence-corrected chi connectivity index (χ2v) is 6.50. The molecule has 1 fully saturated rings. The van der Waals surface area contributed by atoms with Crippen LogP contribution in [0.25, 0.3) is 0 Å². The molecule has 2 aliphatic rings. The molecule has 0 saturated heterocycles. The molecule has 2 aromatic rings. The molecule has 0 radical (unpaired) electrons. The van der Waals surface area contributed by atoms with Crippen molar-refractivity contribution < 1.29 is 4.74 Å². The summed E-state index contributed by atoms with van der Waals surface area (Å²) in [4.78, 5) is 4.18. The van der Waals surface area contributed by atoms with Gasteiger partial charge in [-0.1, -0.05) is 24.3 Å². The minimum Gasteiger partial charge on any atom is -0.487 e. The molecule has 1 aliphatic heterocycles. The number of para-hydroxylation sites is 1. The summed E-state index contributed by atoms with van der Waals surface area (Å²) >= 11 is 0. The number of ether oxygens (including phenoxy) is 1. The largest absolute Gasteiger partial charge is 0.487 e. The first-order valence-electron chi connectivity index (χ1n) is 8.25. The van der Waals surface area contributed by atoms with Gasteiger partial charge in [-0.05, 0) is 49.9 Å². The van der Waals surface area contributed by atoms with Crippen molar-refractivity contribution in [3.05, 3.63) is 59.9 Å². The normalized spacial score (nSPS) is 21.7. The lowest BCUT2D eigenvalue weighted by atomic mass is 9.73. The minimum absolute atomic E-state index is 0.0975. The quantitative estimate of drug-likeness (QED) is 0.934. The first-order valence-corrected chi connectivity index (χ1v) is 8.25. The molecule has 1 spiro atoms. The van der Waals surface area contributed by atoms with Gasteiger partial charge in [-0.2, -0.15) is 0 Å². The van der Waals surface area contributed by atoms with Gasteiger partial charge >= 0.3 is 0 Å². The van der Waals surface area contributed by atoms with Gasteiger partial charge in [-0.25, -0.2) is 0 Å². The fourth-order valence-corrected chi connectivity index (χ4v) is 3.61. The van der Waals surface area contributed by atoms with Crippen molar-refractivity contribution in [1.29, 1.82) is 0 Å². The zero-order valence-corrected chi connectivity index (χ0v) is 12.8. The second-order valence-electron chi connectivity index (χ2n) is 6.50. The van der Waals surface area contributed by atoms with Crippen LogP contribution in [0.3, 0.4) is 0 Å². The molecular weight excluding hydrogens is 272 g/mol. The monoisotopic (exact) mass is 294 g/mol. The Morgan fingerprint density at radius 2 is 2.09 bits per heavy atom. The minimum atomic E-state index is 0.0975. The van der Waals surface area contributed by atoms with Gasteiger partial charge in [0.25, 0.3) is 0 Å². The predicted octanol–water partition coefficient (Wildman–Crippen LogP) is 3.66. The summed E-state index contributed by atoms with van der Waals surface area (Å²) in [6.45, 7) is 0.973. The lowest BCUT2D eigenvalue weighted by molar-refractivity contribution is -0.0368. The van der Waals surface area contributed by atoms with Crippen molar-refractivity contribution in [3.8, 4) is 5.75 Å². The van der Waals surface area contributed by atoms with Crippen LogP contribution in [-0.4, -0.2) is 17.1 Å². The van der Waals surface area contributed by atoms with Crippen LogP contribution in [0, 0.1) is 0 Å². The van der Waals surface area contributed by atoms with Crippen LogP contribution in [0.1, 0.15) is 42.9 Å². The van der Waals surface area contributed by atoms with Crippen LogP contribution in [0.5, 0.6) is 5.75 Å². The summed E-state index contributed by atoms with van der Waals surface area (Å²) in [5.41, 5.74) is 2.69. The van der Waals surface area contributed by atoms with E-state index in [4.69, 9.17) is 4.74 Å². The van der Waals surface area contributed by atoms with Crippen molar-refractivity contribution in [3.63, 3.8) is 0 Å². The highest BCUT2D eigenvalue weighted by Crippen LogP contribution is 2.48. The Kier molecular flexibility index (Phi) is 3.59. The van der Waals surface area contributed by atoms with Gasteiger partial charge in [0, 0.05) is 30.4 Å². The third kappa shape index (κ3) is 2.61. The second kappa shape index (κ2) is 5.73. The molecule has 0 amide bonds. The van der Waals surface area contributed by atoms with E-state index in [1.165, 1.54) is 30.4 Å². The smallest absolute Gasteiger partial charge is 0.124 e. The molecule has 2 heterocycles. The fourth-order valence-electron chi connectivity index (χ4n) is 3.61. The van der Waals surface area contributed by atoms with Gasteiger partial charge in [-0.15, -0.1) is 0 Å². The Hall–Kier alpha value is -1.87. The molecule has 1 aliphatic carbocycles. The summed E-state index contributed by atoms with van der Waals surface area (Å²) < 4.78 is 6.30. The number of pyridine rings is 1. The zero-order valence-electron chi connectivity index (χ0n) is 12.8. The molecule has 0 bridgehead atoms. The van der Waals surface area contributed by atoms with E-state index in [2.05, 4.69) is 40.6 Å². The van der Waals surface area contributed by atoms with Crippen LogP contribution < -0.4 is 10.1 Å². The van der Waals surface area contributed by atoms with E-state index < -0.39 is 0 Å². The van der Waals surface area contributed by atoms with Crippen LogP contribution in [0.4, 0.5) is 0 Å². The predicted molar refractivity (Wildman–Crippen MR) is 87.0 cm³/mol. The number of hydrogen-bond donors (Lipinski definition) is 1. The Morgan fingerprint density at radius 1 is 1.18 bits per heavy atom. The molecule has 4 rings (SSSR count). The Morgan fingerprint density at radius 3 is 2.86 bits per heavy atom. The van der Waals surface area contributed by atoms with E-state index >= 15 is 0 Å². The summed E-state index contributed by atoms with van der Waals surface area (Å²) in [6.07, 6.45) is 9.57. The molecule has 1 unspecified atom stereocenters. The number of rotatable bonds is 4.